The topological polar surface area (TPSA) is 20.2 Å². The van der Waals surface area contributed by atoms with Crippen molar-refractivity contribution in [1.82, 2.24) is 0 Å². The Morgan fingerprint density at radius 1 is 0.700 bits per heavy atom. The molecule has 0 spiro atoms. The predicted octanol–water partition coefficient (Wildman–Crippen LogP) is 6.30. The van der Waals surface area contributed by atoms with Crippen LogP contribution in [0.2, 0.25) is 0 Å². The van der Waals surface area contributed by atoms with E-state index in [4.69, 9.17) is 0 Å². The minimum absolute atomic E-state index is 0.173. The third-order valence-electron chi connectivity index (χ3n) is 4.26. The predicted molar refractivity (Wildman–Crippen MR) is 90.8 cm³/mol. The van der Waals surface area contributed by atoms with E-state index < -0.39 is 0 Å². The highest BCUT2D eigenvalue weighted by atomic mass is 16.3. The summed E-state index contributed by atoms with van der Waals surface area (Å²) in [6.07, 6.45) is 18.7. The van der Waals surface area contributed by atoms with Gasteiger partial charge >= 0.3 is 0 Å². The van der Waals surface area contributed by atoms with Gasteiger partial charge in [-0.3, -0.25) is 0 Å². The summed E-state index contributed by atoms with van der Waals surface area (Å²) in [4.78, 5) is 0. The minimum Gasteiger partial charge on any atom is -0.393 e. The van der Waals surface area contributed by atoms with Crippen LogP contribution < -0.4 is 0 Å². The molecule has 20 heavy (non-hydrogen) atoms. The second-order valence-corrected chi connectivity index (χ2v) is 6.58. The summed E-state index contributed by atoms with van der Waals surface area (Å²) in [5.41, 5.74) is 0. The Bertz CT molecular complexity index is 177. The van der Waals surface area contributed by atoms with Crippen LogP contribution in [0.1, 0.15) is 104 Å². The van der Waals surface area contributed by atoms with Gasteiger partial charge in [0.2, 0.25) is 0 Å². The number of aliphatic hydroxyl groups is 1. The van der Waals surface area contributed by atoms with Crippen LogP contribution in [0, 0.1) is 12.8 Å². The highest BCUT2D eigenvalue weighted by molar-refractivity contribution is 4.65. The van der Waals surface area contributed by atoms with Crippen molar-refractivity contribution in [1.29, 1.82) is 0 Å². The Balaban J connectivity index is 3.03. The lowest BCUT2D eigenvalue weighted by molar-refractivity contribution is 0.124. The van der Waals surface area contributed by atoms with E-state index in [1.165, 1.54) is 83.5 Å². The smallest absolute Gasteiger partial charge is 0.0565 e. The van der Waals surface area contributed by atoms with Gasteiger partial charge in [0, 0.05) is 0 Å². The summed E-state index contributed by atoms with van der Waals surface area (Å²) >= 11 is 0. The standard InChI is InChI=1S/C19H39O/c1-4-5-6-7-8-9-10-11-12-13-14-15-16-17-19(20)18(2)3/h18-20H,2,4-17H2,1,3H3. The molecule has 0 bridgehead atoms. The first kappa shape index (κ1) is 20.0. The number of hydrogen-bond acceptors (Lipinski definition) is 1. The molecule has 0 fully saturated rings. The summed E-state index contributed by atoms with van der Waals surface area (Å²) in [5.74, 6) is 0.173. The van der Waals surface area contributed by atoms with Crippen LogP contribution >= 0.6 is 0 Å². The van der Waals surface area contributed by atoms with Crippen molar-refractivity contribution in [3.63, 3.8) is 0 Å². The molecule has 0 aromatic heterocycles. The molecule has 0 heterocycles. The molecule has 0 saturated carbocycles. The lowest BCUT2D eigenvalue weighted by atomic mass is 10.00. The molecule has 0 aromatic rings. The van der Waals surface area contributed by atoms with Crippen molar-refractivity contribution >= 4 is 0 Å². The van der Waals surface area contributed by atoms with Crippen molar-refractivity contribution < 1.29 is 5.11 Å². The van der Waals surface area contributed by atoms with E-state index in [9.17, 15) is 5.11 Å². The van der Waals surface area contributed by atoms with E-state index in [1.54, 1.807) is 0 Å². The largest absolute Gasteiger partial charge is 0.393 e. The van der Waals surface area contributed by atoms with Crippen LogP contribution in [0.5, 0.6) is 0 Å². The molecule has 1 heteroatoms. The first-order chi connectivity index (χ1) is 9.68. The van der Waals surface area contributed by atoms with Gasteiger partial charge in [-0.2, -0.15) is 0 Å². The molecule has 0 amide bonds. The molecule has 2 atom stereocenters. The maximum Gasteiger partial charge on any atom is 0.0565 e. The molecule has 121 valence electrons. The second kappa shape index (κ2) is 15.4. The van der Waals surface area contributed by atoms with Gasteiger partial charge < -0.3 is 5.11 Å². The zero-order valence-corrected chi connectivity index (χ0v) is 14.2. The molecule has 1 nitrogen and oxygen atoms in total. The summed E-state index contributed by atoms with van der Waals surface area (Å²) in [5, 5.41) is 9.64. The minimum atomic E-state index is -0.192. The van der Waals surface area contributed by atoms with Crippen molar-refractivity contribution in [3.05, 3.63) is 6.92 Å². The lowest BCUT2D eigenvalue weighted by Gasteiger charge is -2.13. The number of aliphatic hydroxyl groups excluding tert-OH is 1. The van der Waals surface area contributed by atoms with Gasteiger partial charge in [0.1, 0.15) is 0 Å². The Kier molecular flexibility index (Phi) is 15.3. The van der Waals surface area contributed by atoms with Gasteiger partial charge in [-0.1, -0.05) is 97.3 Å². The van der Waals surface area contributed by atoms with Crippen LogP contribution in [-0.2, 0) is 0 Å². The Morgan fingerprint density at radius 3 is 1.40 bits per heavy atom. The Labute approximate surface area is 128 Å². The number of hydrogen-bond donors (Lipinski definition) is 1. The molecule has 0 aromatic carbocycles. The van der Waals surface area contributed by atoms with Crippen molar-refractivity contribution in [2.75, 3.05) is 0 Å². The fraction of sp³-hybridized carbons (Fsp3) is 0.947. The van der Waals surface area contributed by atoms with Gasteiger partial charge in [-0.25, -0.2) is 0 Å². The molecular weight excluding hydrogens is 244 g/mol. The fourth-order valence-electron chi connectivity index (χ4n) is 2.66. The van der Waals surface area contributed by atoms with Gasteiger partial charge in [0.25, 0.3) is 0 Å². The second-order valence-electron chi connectivity index (χ2n) is 6.58. The van der Waals surface area contributed by atoms with Crippen molar-refractivity contribution in [2.45, 2.75) is 110 Å². The van der Waals surface area contributed by atoms with Crippen LogP contribution in [0.4, 0.5) is 0 Å². The third kappa shape index (κ3) is 14.4. The summed E-state index contributed by atoms with van der Waals surface area (Å²) < 4.78 is 0. The molecule has 2 unspecified atom stereocenters. The van der Waals surface area contributed by atoms with Crippen LogP contribution in [-0.4, -0.2) is 11.2 Å². The van der Waals surface area contributed by atoms with E-state index in [0.717, 1.165) is 6.42 Å². The molecule has 0 saturated heterocycles. The molecule has 0 aliphatic heterocycles. The van der Waals surface area contributed by atoms with Crippen molar-refractivity contribution in [3.8, 4) is 0 Å². The summed E-state index contributed by atoms with van der Waals surface area (Å²) in [7, 11) is 0. The first-order valence-electron chi connectivity index (χ1n) is 9.19. The maximum absolute atomic E-state index is 9.64. The molecular formula is C19H39O. The molecule has 1 radical (unpaired) electrons. The van der Waals surface area contributed by atoms with Gasteiger partial charge in [0.15, 0.2) is 0 Å². The molecule has 0 aliphatic carbocycles. The Morgan fingerprint density at radius 2 is 1.05 bits per heavy atom. The SMILES string of the molecule is [CH2]C(C)C(O)CCCCCCCCCCCCCCC. The average molecular weight is 284 g/mol. The number of unbranched alkanes of at least 4 members (excludes halogenated alkanes) is 12. The van der Waals surface area contributed by atoms with Crippen LogP contribution in [0.3, 0.4) is 0 Å². The highest BCUT2D eigenvalue weighted by Gasteiger charge is 2.07. The first-order valence-corrected chi connectivity index (χ1v) is 9.19. The zero-order chi connectivity index (χ0) is 15.1. The van der Waals surface area contributed by atoms with Gasteiger partial charge in [-0.15, -0.1) is 0 Å². The fourth-order valence-corrected chi connectivity index (χ4v) is 2.66. The number of rotatable bonds is 15. The van der Waals surface area contributed by atoms with E-state index in [1.807, 2.05) is 6.92 Å². The third-order valence-corrected chi connectivity index (χ3v) is 4.26. The quantitative estimate of drug-likeness (QED) is 0.350. The molecule has 0 aliphatic rings. The van der Waals surface area contributed by atoms with Gasteiger partial charge in [-0.05, 0) is 19.3 Å². The van der Waals surface area contributed by atoms with E-state index in [0.29, 0.717) is 0 Å². The monoisotopic (exact) mass is 283 g/mol. The molecule has 1 N–H and O–H groups in total. The molecule has 0 rings (SSSR count). The van der Waals surface area contributed by atoms with Gasteiger partial charge in [0.05, 0.1) is 6.10 Å². The average Bonchev–Trinajstić information content (AvgIpc) is 2.43. The normalized spacial score (nSPS) is 13.1. The van der Waals surface area contributed by atoms with Crippen LogP contribution in [0.15, 0.2) is 0 Å². The van der Waals surface area contributed by atoms with Crippen LogP contribution in [0.25, 0.3) is 0 Å². The zero-order valence-electron chi connectivity index (χ0n) is 14.2. The van der Waals surface area contributed by atoms with E-state index in [-0.39, 0.29) is 12.0 Å². The maximum atomic E-state index is 9.64. The Hall–Kier alpha value is -0.0400. The van der Waals surface area contributed by atoms with E-state index in [2.05, 4.69) is 13.8 Å². The summed E-state index contributed by atoms with van der Waals surface area (Å²) in [6, 6.07) is 0. The van der Waals surface area contributed by atoms with Crippen molar-refractivity contribution in [2.24, 2.45) is 5.92 Å². The van der Waals surface area contributed by atoms with E-state index >= 15 is 0 Å². The lowest BCUT2D eigenvalue weighted by Crippen LogP contribution is -2.14. The summed E-state index contributed by atoms with van der Waals surface area (Å²) in [6.45, 7) is 8.14. The highest BCUT2D eigenvalue weighted by Crippen LogP contribution is 2.14.